The predicted molar refractivity (Wildman–Crippen MR) is 64.4 cm³/mol. The number of amides is 1. The zero-order valence-electron chi connectivity index (χ0n) is 9.56. The Hall–Kier alpha value is -2.31. The molecular formula is C10H14N4O3. The summed E-state index contributed by atoms with van der Waals surface area (Å²) in [5.41, 5.74) is 9.53. The minimum absolute atomic E-state index is 0.0280. The van der Waals surface area contributed by atoms with E-state index in [1.54, 1.807) is 6.07 Å². The van der Waals surface area contributed by atoms with Crippen molar-refractivity contribution in [1.82, 2.24) is 0 Å². The van der Waals surface area contributed by atoms with Crippen LogP contribution in [0.25, 0.3) is 0 Å². The van der Waals surface area contributed by atoms with Crippen LogP contribution < -0.4 is 16.8 Å². The SMILES string of the molecule is CC(C)(Nc1cccc(N)c1[N+](=O)[O-])C(N)=O. The molecule has 0 atom stereocenters. The molecule has 1 amide bonds. The first kappa shape index (κ1) is 12.8. The molecule has 92 valence electrons. The normalized spacial score (nSPS) is 10.9. The van der Waals surface area contributed by atoms with Gasteiger partial charge in [-0.15, -0.1) is 0 Å². The van der Waals surface area contributed by atoms with E-state index < -0.39 is 16.4 Å². The smallest absolute Gasteiger partial charge is 0.314 e. The Morgan fingerprint density at radius 2 is 2.06 bits per heavy atom. The first-order chi connectivity index (χ1) is 7.75. The number of hydrogen-bond donors (Lipinski definition) is 3. The van der Waals surface area contributed by atoms with E-state index >= 15 is 0 Å². The van der Waals surface area contributed by atoms with Gasteiger partial charge in [0.25, 0.3) is 0 Å². The number of nitro groups is 1. The van der Waals surface area contributed by atoms with E-state index in [9.17, 15) is 14.9 Å². The molecule has 0 spiro atoms. The second-order valence-electron chi connectivity index (χ2n) is 4.11. The number of primary amides is 1. The molecule has 0 saturated carbocycles. The molecule has 0 bridgehead atoms. The number of nitro benzene ring substituents is 1. The van der Waals surface area contributed by atoms with Gasteiger partial charge in [0, 0.05) is 0 Å². The highest BCUT2D eigenvalue weighted by Crippen LogP contribution is 2.32. The Kier molecular flexibility index (Phi) is 3.21. The summed E-state index contributed by atoms with van der Waals surface area (Å²) in [5, 5.41) is 13.6. The average Bonchev–Trinajstić information content (AvgIpc) is 2.15. The lowest BCUT2D eigenvalue weighted by atomic mass is 10.0. The zero-order valence-corrected chi connectivity index (χ0v) is 9.56. The molecule has 0 heterocycles. The van der Waals surface area contributed by atoms with Crippen LogP contribution in [-0.2, 0) is 4.79 Å². The van der Waals surface area contributed by atoms with Gasteiger partial charge in [-0.3, -0.25) is 14.9 Å². The second kappa shape index (κ2) is 4.28. The molecule has 0 aliphatic heterocycles. The van der Waals surface area contributed by atoms with Crippen LogP contribution in [0.4, 0.5) is 17.1 Å². The molecule has 0 unspecified atom stereocenters. The average molecular weight is 238 g/mol. The van der Waals surface area contributed by atoms with Crippen LogP contribution in [0.5, 0.6) is 0 Å². The lowest BCUT2D eigenvalue weighted by Crippen LogP contribution is -2.45. The Morgan fingerprint density at radius 1 is 1.47 bits per heavy atom. The maximum atomic E-state index is 11.2. The molecule has 7 heteroatoms. The number of rotatable bonds is 4. The van der Waals surface area contributed by atoms with Crippen LogP contribution in [0.15, 0.2) is 18.2 Å². The summed E-state index contributed by atoms with van der Waals surface area (Å²) in [6.45, 7) is 3.06. The number of carbonyl (C=O) groups excluding carboxylic acids is 1. The van der Waals surface area contributed by atoms with Crippen molar-refractivity contribution in [2.45, 2.75) is 19.4 Å². The number of anilines is 2. The van der Waals surface area contributed by atoms with Crippen molar-refractivity contribution < 1.29 is 9.72 Å². The molecule has 0 radical (unpaired) electrons. The first-order valence-electron chi connectivity index (χ1n) is 4.86. The number of nitrogen functional groups attached to an aromatic ring is 1. The van der Waals surface area contributed by atoms with Crippen molar-refractivity contribution in [2.24, 2.45) is 5.73 Å². The molecular weight excluding hydrogens is 224 g/mol. The van der Waals surface area contributed by atoms with E-state index in [1.165, 1.54) is 26.0 Å². The van der Waals surface area contributed by atoms with Gasteiger partial charge in [0.05, 0.1) is 4.92 Å². The van der Waals surface area contributed by atoms with Gasteiger partial charge < -0.3 is 16.8 Å². The third-order valence-electron chi connectivity index (χ3n) is 2.31. The largest absolute Gasteiger partial charge is 0.393 e. The monoisotopic (exact) mass is 238 g/mol. The van der Waals surface area contributed by atoms with E-state index in [4.69, 9.17) is 11.5 Å². The van der Waals surface area contributed by atoms with Gasteiger partial charge in [-0.05, 0) is 26.0 Å². The summed E-state index contributed by atoms with van der Waals surface area (Å²) < 4.78 is 0. The van der Waals surface area contributed by atoms with Crippen LogP contribution in [0.3, 0.4) is 0 Å². The quantitative estimate of drug-likeness (QED) is 0.407. The number of nitrogens with two attached hydrogens (primary N) is 2. The van der Waals surface area contributed by atoms with Crippen LogP contribution >= 0.6 is 0 Å². The number of hydrogen-bond acceptors (Lipinski definition) is 5. The van der Waals surface area contributed by atoms with E-state index in [0.29, 0.717) is 0 Å². The second-order valence-corrected chi connectivity index (χ2v) is 4.11. The summed E-state index contributed by atoms with van der Waals surface area (Å²) >= 11 is 0. The molecule has 0 saturated heterocycles. The Labute approximate surface area is 97.9 Å². The first-order valence-corrected chi connectivity index (χ1v) is 4.86. The maximum Gasteiger partial charge on any atom is 0.314 e. The minimum atomic E-state index is -1.10. The summed E-state index contributed by atoms with van der Waals surface area (Å²) in [4.78, 5) is 21.4. The lowest BCUT2D eigenvalue weighted by molar-refractivity contribution is -0.383. The van der Waals surface area contributed by atoms with Gasteiger partial charge in [0.1, 0.15) is 16.9 Å². The third kappa shape index (κ3) is 2.63. The minimum Gasteiger partial charge on any atom is -0.393 e. The summed E-state index contributed by atoms with van der Waals surface area (Å²) in [5.74, 6) is -0.616. The van der Waals surface area contributed by atoms with Crippen molar-refractivity contribution in [2.75, 3.05) is 11.1 Å². The van der Waals surface area contributed by atoms with E-state index in [2.05, 4.69) is 5.32 Å². The molecule has 1 aromatic rings. The fourth-order valence-electron chi connectivity index (χ4n) is 1.26. The van der Waals surface area contributed by atoms with Gasteiger partial charge in [-0.1, -0.05) is 6.07 Å². The van der Waals surface area contributed by atoms with Crippen LogP contribution in [0.1, 0.15) is 13.8 Å². The predicted octanol–water partition coefficient (Wildman–Crippen LogP) is 0.853. The molecule has 0 aromatic heterocycles. The number of para-hydroxylation sites is 1. The van der Waals surface area contributed by atoms with E-state index in [0.717, 1.165) is 0 Å². The van der Waals surface area contributed by atoms with Crippen molar-refractivity contribution in [3.63, 3.8) is 0 Å². The highest BCUT2D eigenvalue weighted by Gasteiger charge is 2.28. The van der Waals surface area contributed by atoms with Gasteiger partial charge in [-0.25, -0.2) is 0 Å². The lowest BCUT2D eigenvalue weighted by Gasteiger charge is -2.23. The van der Waals surface area contributed by atoms with E-state index in [-0.39, 0.29) is 17.1 Å². The summed E-state index contributed by atoms with van der Waals surface area (Å²) in [6, 6.07) is 4.45. The number of nitrogens with zero attached hydrogens (tertiary/aromatic N) is 1. The molecule has 17 heavy (non-hydrogen) atoms. The van der Waals surface area contributed by atoms with Gasteiger partial charge in [0.2, 0.25) is 5.91 Å². The molecule has 7 nitrogen and oxygen atoms in total. The van der Waals surface area contributed by atoms with Crippen molar-refractivity contribution in [3.05, 3.63) is 28.3 Å². The van der Waals surface area contributed by atoms with Crippen molar-refractivity contribution in [3.8, 4) is 0 Å². The summed E-state index contributed by atoms with van der Waals surface area (Å²) in [7, 11) is 0. The van der Waals surface area contributed by atoms with Crippen LogP contribution in [0, 0.1) is 10.1 Å². The molecule has 0 fully saturated rings. The van der Waals surface area contributed by atoms with Crippen LogP contribution in [-0.4, -0.2) is 16.4 Å². The number of carbonyl (C=O) groups is 1. The molecule has 0 aliphatic rings. The zero-order chi connectivity index (χ0) is 13.2. The van der Waals surface area contributed by atoms with Crippen LogP contribution in [0.2, 0.25) is 0 Å². The fourth-order valence-corrected chi connectivity index (χ4v) is 1.26. The number of benzene rings is 1. The van der Waals surface area contributed by atoms with Crippen molar-refractivity contribution in [1.29, 1.82) is 0 Å². The Balaban J connectivity index is 3.20. The molecule has 5 N–H and O–H groups in total. The molecule has 1 rings (SSSR count). The van der Waals surface area contributed by atoms with Crippen molar-refractivity contribution >= 4 is 23.0 Å². The maximum absolute atomic E-state index is 11.2. The number of nitrogens with one attached hydrogen (secondary N) is 1. The van der Waals surface area contributed by atoms with E-state index in [1.807, 2.05) is 0 Å². The van der Waals surface area contributed by atoms with Gasteiger partial charge in [-0.2, -0.15) is 0 Å². The summed E-state index contributed by atoms with van der Waals surface area (Å²) in [6.07, 6.45) is 0. The van der Waals surface area contributed by atoms with Gasteiger partial charge >= 0.3 is 5.69 Å². The highest BCUT2D eigenvalue weighted by atomic mass is 16.6. The van der Waals surface area contributed by atoms with Gasteiger partial charge in [0.15, 0.2) is 0 Å². The Bertz CT molecular complexity index is 471. The fraction of sp³-hybridized carbons (Fsp3) is 0.300. The Morgan fingerprint density at radius 3 is 2.53 bits per heavy atom. The standard InChI is InChI=1S/C10H14N4O3/c1-10(2,9(12)15)13-7-5-3-4-6(11)8(7)14(16)17/h3-5,13H,11H2,1-2H3,(H2,12,15). The molecule has 0 aliphatic carbocycles. The third-order valence-corrected chi connectivity index (χ3v) is 2.31. The molecule has 1 aromatic carbocycles. The topological polar surface area (TPSA) is 124 Å². The highest BCUT2D eigenvalue weighted by molar-refractivity contribution is 5.88.